The number of rotatable bonds is 5. The molecule has 0 amide bonds. The van der Waals surface area contributed by atoms with E-state index in [1.165, 1.54) is 0 Å². The van der Waals surface area contributed by atoms with Gasteiger partial charge in [-0.3, -0.25) is 4.79 Å². The summed E-state index contributed by atoms with van der Waals surface area (Å²) in [5.41, 5.74) is 1.56. The molecule has 0 unspecified atom stereocenters. The van der Waals surface area contributed by atoms with Crippen LogP contribution in [0, 0.1) is 19.3 Å². The minimum absolute atomic E-state index is 0.104. The minimum atomic E-state index is -0.652. The predicted molar refractivity (Wildman–Crippen MR) is 76.4 cm³/mol. The topological polar surface area (TPSA) is 35.5 Å². The normalized spacial score (nSPS) is 11.5. The number of carbonyl (C=O) groups is 1. The highest BCUT2D eigenvalue weighted by molar-refractivity contribution is 5.76. The van der Waals surface area contributed by atoms with Gasteiger partial charge in [-0.2, -0.15) is 0 Å². The van der Waals surface area contributed by atoms with Gasteiger partial charge in [0.05, 0.1) is 11.5 Å². The zero-order valence-corrected chi connectivity index (χ0v) is 12.7. The van der Waals surface area contributed by atoms with Crippen LogP contribution in [0.25, 0.3) is 0 Å². The lowest BCUT2D eigenvalue weighted by atomic mass is 9.95. The Morgan fingerprint density at radius 2 is 1.89 bits per heavy atom. The first-order valence-corrected chi connectivity index (χ1v) is 6.63. The summed E-state index contributed by atoms with van der Waals surface area (Å²) >= 11 is 0. The Morgan fingerprint density at radius 3 is 2.47 bits per heavy atom. The van der Waals surface area contributed by atoms with Crippen LogP contribution in [0.15, 0.2) is 18.2 Å². The van der Waals surface area contributed by atoms with Gasteiger partial charge in [-0.05, 0) is 58.7 Å². The Bertz CT molecular complexity index is 447. The third-order valence-corrected chi connectivity index (χ3v) is 2.83. The van der Waals surface area contributed by atoms with Gasteiger partial charge in [-0.25, -0.2) is 0 Å². The smallest absolute Gasteiger partial charge is 0.315 e. The first-order chi connectivity index (χ1) is 8.72. The van der Waals surface area contributed by atoms with Crippen LogP contribution in [0.1, 0.15) is 38.8 Å². The lowest BCUT2D eigenvalue weighted by Crippen LogP contribution is -2.34. The monoisotopic (exact) mass is 264 g/mol. The Labute approximate surface area is 115 Å². The van der Waals surface area contributed by atoms with Gasteiger partial charge in [0, 0.05) is 0 Å². The summed E-state index contributed by atoms with van der Waals surface area (Å²) in [6.45, 7) is 11.7. The first kappa shape index (κ1) is 15.5. The first-order valence-electron chi connectivity index (χ1n) is 6.63. The maximum atomic E-state index is 11.9. The van der Waals surface area contributed by atoms with Crippen LogP contribution < -0.4 is 4.74 Å². The Hall–Kier alpha value is -1.51. The average Bonchev–Trinajstić information content (AvgIpc) is 2.29. The van der Waals surface area contributed by atoms with E-state index < -0.39 is 5.41 Å². The molecule has 0 aliphatic rings. The Balaban J connectivity index is 2.69. The number of hydrogen-bond donors (Lipinski definition) is 0. The fourth-order valence-corrected chi connectivity index (χ4v) is 1.55. The third kappa shape index (κ3) is 4.58. The van der Waals surface area contributed by atoms with Gasteiger partial charge < -0.3 is 9.47 Å². The molecule has 0 fully saturated rings. The van der Waals surface area contributed by atoms with Crippen LogP contribution >= 0.6 is 0 Å². The molecule has 0 radical (unpaired) electrons. The molecule has 0 atom stereocenters. The van der Waals surface area contributed by atoms with E-state index in [1.54, 1.807) is 0 Å². The SMILES string of the molecule is Cc1ccc(C)c(OCC(C)(C)C(=O)OC(C)C)c1. The summed E-state index contributed by atoms with van der Waals surface area (Å²) in [6, 6.07) is 6.05. The van der Waals surface area contributed by atoms with E-state index in [2.05, 4.69) is 0 Å². The second-order valence-corrected chi connectivity index (χ2v) is 5.90. The summed E-state index contributed by atoms with van der Waals surface area (Å²) in [5, 5.41) is 0. The summed E-state index contributed by atoms with van der Waals surface area (Å²) in [7, 11) is 0. The van der Waals surface area contributed by atoms with Crippen molar-refractivity contribution in [2.75, 3.05) is 6.61 Å². The summed E-state index contributed by atoms with van der Waals surface area (Å²) in [4.78, 5) is 11.9. The predicted octanol–water partition coefficient (Wildman–Crippen LogP) is 3.66. The van der Waals surface area contributed by atoms with Gasteiger partial charge in [-0.1, -0.05) is 12.1 Å². The molecule has 0 saturated heterocycles. The van der Waals surface area contributed by atoms with Gasteiger partial charge >= 0.3 is 5.97 Å². The number of carbonyl (C=O) groups excluding carboxylic acids is 1. The fourth-order valence-electron chi connectivity index (χ4n) is 1.55. The molecule has 1 aromatic carbocycles. The lowest BCUT2D eigenvalue weighted by molar-refractivity contribution is -0.159. The van der Waals surface area contributed by atoms with E-state index in [-0.39, 0.29) is 12.1 Å². The van der Waals surface area contributed by atoms with E-state index in [9.17, 15) is 4.79 Å². The van der Waals surface area contributed by atoms with Crippen LogP contribution in [0.4, 0.5) is 0 Å². The van der Waals surface area contributed by atoms with Crippen molar-refractivity contribution >= 4 is 5.97 Å². The molecule has 0 bridgehead atoms. The standard InChI is InChI=1S/C16H24O3/c1-11(2)19-15(17)16(5,6)10-18-14-9-12(3)7-8-13(14)4/h7-9,11H,10H2,1-6H3. The quantitative estimate of drug-likeness (QED) is 0.761. The van der Waals surface area contributed by atoms with Crippen molar-refractivity contribution in [2.45, 2.75) is 47.6 Å². The highest BCUT2D eigenvalue weighted by Gasteiger charge is 2.31. The zero-order valence-electron chi connectivity index (χ0n) is 12.7. The van der Waals surface area contributed by atoms with Crippen LogP contribution in [-0.2, 0) is 9.53 Å². The molecule has 0 aromatic heterocycles. The van der Waals surface area contributed by atoms with Crippen LogP contribution in [0.5, 0.6) is 5.75 Å². The second kappa shape index (κ2) is 6.09. The molecule has 3 nitrogen and oxygen atoms in total. The summed E-state index contributed by atoms with van der Waals surface area (Å²) in [5.74, 6) is 0.596. The molecule has 0 spiro atoms. The van der Waals surface area contributed by atoms with Gasteiger partial charge in [0.25, 0.3) is 0 Å². The molecule has 1 aromatic rings. The van der Waals surface area contributed by atoms with Crippen molar-refractivity contribution in [1.29, 1.82) is 0 Å². The lowest BCUT2D eigenvalue weighted by Gasteiger charge is -2.24. The molecule has 0 saturated carbocycles. The van der Waals surface area contributed by atoms with Crippen molar-refractivity contribution in [2.24, 2.45) is 5.41 Å². The highest BCUT2D eigenvalue weighted by Crippen LogP contribution is 2.24. The number of esters is 1. The molecule has 0 aliphatic heterocycles. The van der Waals surface area contributed by atoms with E-state index in [0.717, 1.165) is 16.9 Å². The number of aryl methyl sites for hydroxylation is 2. The number of hydrogen-bond acceptors (Lipinski definition) is 3. The average molecular weight is 264 g/mol. The van der Waals surface area contributed by atoms with Gasteiger partial charge in [0.15, 0.2) is 0 Å². The van der Waals surface area contributed by atoms with Crippen molar-refractivity contribution in [1.82, 2.24) is 0 Å². The van der Waals surface area contributed by atoms with Crippen molar-refractivity contribution in [3.8, 4) is 5.75 Å². The molecule has 0 N–H and O–H groups in total. The van der Waals surface area contributed by atoms with Crippen molar-refractivity contribution < 1.29 is 14.3 Å². The molecule has 106 valence electrons. The molecule has 1 rings (SSSR count). The highest BCUT2D eigenvalue weighted by atomic mass is 16.5. The molecule has 3 heteroatoms. The van der Waals surface area contributed by atoms with E-state index in [0.29, 0.717) is 6.61 Å². The molecule has 0 aliphatic carbocycles. The summed E-state index contributed by atoms with van der Waals surface area (Å²) in [6.07, 6.45) is -0.104. The van der Waals surface area contributed by atoms with Crippen LogP contribution in [0.2, 0.25) is 0 Å². The van der Waals surface area contributed by atoms with Crippen molar-refractivity contribution in [3.05, 3.63) is 29.3 Å². The molecule has 0 heterocycles. The molecule has 19 heavy (non-hydrogen) atoms. The van der Waals surface area contributed by atoms with Crippen LogP contribution in [0.3, 0.4) is 0 Å². The fraction of sp³-hybridized carbons (Fsp3) is 0.562. The molecular weight excluding hydrogens is 240 g/mol. The van der Waals surface area contributed by atoms with Gasteiger partial charge in [0.1, 0.15) is 12.4 Å². The summed E-state index contributed by atoms with van der Waals surface area (Å²) < 4.78 is 11.0. The Morgan fingerprint density at radius 1 is 1.26 bits per heavy atom. The van der Waals surface area contributed by atoms with E-state index in [1.807, 2.05) is 59.7 Å². The van der Waals surface area contributed by atoms with Crippen molar-refractivity contribution in [3.63, 3.8) is 0 Å². The van der Waals surface area contributed by atoms with Gasteiger partial charge in [0.2, 0.25) is 0 Å². The Kier molecular flexibility index (Phi) is 4.98. The third-order valence-electron chi connectivity index (χ3n) is 2.83. The largest absolute Gasteiger partial charge is 0.492 e. The minimum Gasteiger partial charge on any atom is -0.492 e. The maximum Gasteiger partial charge on any atom is 0.315 e. The maximum absolute atomic E-state index is 11.9. The number of benzene rings is 1. The van der Waals surface area contributed by atoms with E-state index in [4.69, 9.17) is 9.47 Å². The number of ether oxygens (including phenoxy) is 2. The molecular formula is C16H24O3. The van der Waals surface area contributed by atoms with E-state index >= 15 is 0 Å². The van der Waals surface area contributed by atoms with Crippen LogP contribution in [-0.4, -0.2) is 18.7 Å². The zero-order chi connectivity index (χ0) is 14.6. The second-order valence-electron chi connectivity index (χ2n) is 5.90. The van der Waals surface area contributed by atoms with Gasteiger partial charge in [-0.15, -0.1) is 0 Å².